The monoisotopic (exact) mass is 240 g/mol. The first kappa shape index (κ1) is 10.6. The quantitative estimate of drug-likeness (QED) is 0.746. The van der Waals surface area contributed by atoms with E-state index < -0.39 is 0 Å². The molecule has 18 heavy (non-hydrogen) atoms. The lowest BCUT2D eigenvalue weighted by atomic mass is 10.1. The Hall–Kier alpha value is -2.56. The Kier molecular flexibility index (Phi) is 2.37. The topological polar surface area (TPSA) is 69.9 Å². The first-order valence-corrected chi connectivity index (χ1v) is 5.56. The van der Waals surface area contributed by atoms with Gasteiger partial charge in [-0.2, -0.15) is 5.10 Å². The zero-order valence-electron chi connectivity index (χ0n) is 9.87. The van der Waals surface area contributed by atoms with E-state index in [1.165, 1.54) is 0 Å². The molecule has 0 atom stereocenters. The van der Waals surface area contributed by atoms with E-state index in [-0.39, 0.29) is 0 Å². The highest BCUT2D eigenvalue weighted by atomic mass is 16.5. The van der Waals surface area contributed by atoms with E-state index in [2.05, 4.69) is 10.3 Å². The molecule has 0 radical (unpaired) electrons. The van der Waals surface area contributed by atoms with E-state index in [1.807, 2.05) is 43.4 Å². The molecule has 0 aliphatic carbocycles. The van der Waals surface area contributed by atoms with Gasteiger partial charge in [0.25, 0.3) is 0 Å². The van der Waals surface area contributed by atoms with Crippen molar-refractivity contribution in [3.8, 4) is 22.6 Å². The van der Waals surface area contributed by atoms with Gasteiger partial charge in [0.15, 0.2) is 0 Å². The summed E-state index contributed by atoms with van der Waals surface area (Å²) in [6, 6.07) is 13.6. The van der Waals surface area contributed by atoms with E-state index in [0.29, 0.717) is 11.6 Å². The molecule has 0 aliphatic heterocycles. The molecule has 0 saturated heterocycles. The lowest BCUT2D eigenvalue weighted by Gasteiger charge is -1.94. The number of anilines is 1. The first-order chi connectivity index (χ1) is 8.74. The zero-order chi connectivity index (χ0) is 12.5. The molecular formula is C13H12N4O. The minimum atomic E-state index is 0.299. The van der Waals surface area contributed by atoms with Gasteiger partial charge in [-0.15, -0.1) is 0 Å². The van der Waals surface area contributed by atoms with Crippen LogP contribution in [0, 0.1) is 0 Å². The normalized spacial score (nSPS) is 10.7. The summed E-state index contributed by atoms with van der Waals surface area (Å²) < 4.78 is 6.64. The van der Waals surface area contributed by atoms with Crippen LogP contribution >= 0.6 is 0 Å². The average Bonchev–Trinajstić information content (AvgIpc) is 2.97. The van der Waals surface area contributed by atoms with Gasteiger partial charge in [-0.1, -0.05) is 35.5 Å². The molecule has 90 valence electrons. The van der Waals surface area contributed by atoms with Gasteiger partial charge < -0.3 is 10.3 Å². The summed E-state index contributed by atoms with van der Waals surface area (Å²) in [6.45, 7) is 0. The molecule has 0 fully saturated rings. The van der Waals surface area contributed by atoms with Crippen molar-refractivity contribution in [1.29, 1.82) is 0 Å². The maximum atomic E-state index is 5.53. The van der Waals surface area contributed by atoms with Crippen LogP contribution in [0.15, 0.2) is 47.0 Å². The number of hydrogen-bond donors (Lipinski definition) is 1. The lowest BCUT2D eigenvalue weighted by Crippen LogP contribution is -1.93. The van der Waals surface area contributed by atoms with Crippen molar-refractivity contribution in [3.63, 3.8) is 0 Å². The van der Waals surface area contributed by atoms with E-state index in [1.54, 1.807) is 10.7 Å². The third-order valence-electron chi connectivity index (χ3n) is 2.74. The number of aryl methyl sites for hydroxylation is 1. The summed E-state index contributed by atoms with van der Waals surface area (Å²) in [5.41, 5.74) is 9.04. The molecule has 5 nitrogen and oxygen atoms in total. The maximum Gasteiger partial charge on any atom is 0.222 e. The van der Waals surface area contributed by atoms with Crippen LogP contribution in [-0.2, 0) is 7.05 Å². The number of rotatable bonds is 2. The maximum absolute atomic E-state index is 5.53. The SMILES string of the molecule is Cn1nc(-c2ccccc2)cc1-c1cc(N)on1. The molecule has 3 aromatic rings. The molecule has 0 amide bonds. The summed E-state index contributed by atoms with van der Waals surface area (Å²) in [5.74, 6) is 0.299. The zero-order valence-corrected chi connectivity index (χ0v) is 9.87. The number of nitrogen functional groups attached to an aromatic ring is 1. The van der Waals surface area contributed by atoms with Gasteiger partial charge in [0.1, 0.15) is 5.69 Å². The summed E-state index contributed by atoms with van der Waals surface area (Å²) in [5, 5.41) is 8.35. The van der Waals surface area contributed by atoms with Crippen LogP contribution in [0.2, 0.25) is 0 Å². The van der Waals surface area contributed by atoms with Gasteiger partial charge >= 0.3 is 0 Å². The van der Waals surface area contributed by atoms with Crippen LogP contribution in [0.25, 0.3) is 22.6 Å². The first-order valence-electron chi connectivity index (χ1n) is 5.56. The third-order valence-corrected chi connectivity index (χ3v) is 2.74. The van der Waals surface area contributed by atoms with E-state index >= 15 is 0 Å². The predicted octanol–water partition coefficient (Wildman–Crippen LogP) is 2.32. The Labute approximate surface area is 104 Å². The van der Waals surface area contributed by atoms with Crippen LogP contribution in [-0.4, -0.2) is 14.9 Å². The van der Waals surface area contributed by atoms with E-state index in [4.69, 9.17) is 10.3 Å². The standard InChI is InChI=1S/C13H12N4O/c1-17-12(11-8-13(14)18-16-11)7-10(15-17)9-5-3-2-4-6-9/h2-8H,14H2,1H3. The van der Waals surface area contributed by atoms with E-state index in [9.17, 15) is 0 Å². The number of nitrogens with two attached hydrogens (primary N) is 1. The molecule has 2 heterocycles. The van der Waals surface area contributed by atoms with Crippen LogP contribution in [0.5, 0.6) is 0 Å². The predicted molar refractivity (Wildman–Crippen MR) is 68.6 cm³/mol. The highest BCUT2D eigenvalue weighted by molar-refractivity contribution is 5.67. The van der Waals surface area contributed by atoms with Crippen LogP contribution < -0.4 is 5.73 Å². The van der Waals surface area contributed by atoms with Gasteiger partial charge in [0.05, 0.1) is 11.4 Å². The van der Waals surface area contributed by atoms with Crippen LogP contribution in [0.1, 0.15) is 0 Å². The summed E-state index contributed by atoms with van der Waals surface area (Å²) in [4.78, 5) is 0. The summed E-state index contributed by atoms with van der Waals surface area (Å²) in [6.07, 6.45) is 0. The molecule has 1 aromatic carbocycles. The Morgan fingerprint density at radius 1 is 1.11 bits per heavy atom. The Bertz CT molecular complexity index is 669. The Morgan fingerprint density at radius 2 is 1.89 bits per heavy atom. The van der Waals surface area contributed by atoms with Gasteiger partial charge in [0, 0.05) is 18.7 Å². The molecule has 0 saturated carbocycles. The Morgan fingerprint density at radius 3 is 2.56 bits per heavy atom. The molecule has 0 unspecified atom stereocenters. The number of nitrogens with zero attached hydrogens (tertiary/aromatic N) is 3. The van der Waals surface area contributed by atoms with Crippen molar-refractivity contribution >= 4 is 5.88 Å². The van der Waals surface area contributed by atoms with Crippen LogP contribution in [0.4, 0.5) is 5.88 Å². The highest BCUT2D eigenvalue weighted by Crippen LogP contribution is 2.25. The fourth-order valence-corrected chi connectivity index (χ4v) is 1.87. The number of hydrogen-bond acceptors (Lipinski definition) is 4. The molecule has 0 bridgehead atoms. The van der Waals surface area contributed by atoms with Gasteiger partial charge in [0.2, 0.25) is 5.88 Å². The fraction of sp³-hybridized carbons (Fsp3) is 0.0769. The van der Waals surface area contributed by atoms with Gasteiger partial charge in [-0.3, -0.25) is 4.68 Å². The average molecular weight is 240 g/mol. The minimum Gasteiger partial charge on any atom is -0.368 e. The second-order valence-electron chi connectivity index (χ2n) is 4.02. The molecule has 3 rings (SSSR count). The lowest BCUT2D eigenvalue weighted by molar-refractivity contribution is 0.438. The van der Waals surface area contributed by atoms with Gasteiger partial charge in [-0.05, 0) is 6.07 Å². The molecule has 2 N–H and O–H groups in total. The molecular weight excluding hydrogens is 228 g/mol. The third kappa shape index (κ3) is 1.75. The molecule has 2 aromatic heterocycles. The number of aromatic nitrogens is 3. The van der Waals surface area contributed by atoms with Gasteiger partial charge in [-0.25, -0.2) is 0 Å². The second kappa shape index (κ2) is 4.03. The molecule has 0 aliphatic rings. The Balaban J connectivity index is 2.06. The van der Waals surface area contributed by atoms with Crippen molar-refractivity contribution < 1.29 is 4.52 Å². The second-order valence-corrected chi connectivity index (χ2v) is 4.02. The smallest absolute Gasteiger partial charge is 0.222 e. The largest absolute Gasteiger partial charge is 0.368 e. The highest BCUT2D eigenvalue weighted by Gasteiger charge is 2.12. The van der Waals surface area contributed by atoms with Crippen molar-refractivity contribution in [2.75, 3.05) is 5.73 Å². The van der Waals surface area contributed by atoms with Crippen molar-refractivity contribution in [2.24, 2.45) is 7.05 Å². The van der Waals surface area contributed by atoms with Crippen molar-refractivity contribution in [1.82, 2.24) is 14.9 Å². The molecule has 5 heteroatoms. The van der Waals surface area contributed by atoms with E-state index in [0.717, 1.165) is 17.0 Å². The van der Waals surface area contributed by atoms with Crippen LogP contribution in [0.3, 0.4) is 0 Å². The summed E-state index contributed by atoms with van der Waals surface area (Å²) in [7, 11) is 1.87. The summed E-state index contributed by atoms with van der Waals surface area (Å²) >= 11 is 0. The van der Waals surface area contributed by atoms with Crippen molar-refractivity contribution in [3.05, 3.63) is 42.5 Å². The number of benzene rings is 1. The minimum absolute atomic E-state index is 0.299. The molecule has 0 spiro atoms. The fourth-order valence-electron chi connectivity index (χ4n) is 1.87. The van der Waals surface area contributed by atoms with Crippen molar-refractivity contribution in [2.45, 2.75) is 0 Å².